The maximum absolute atomic E-state index is 12.2. The van der Waals surface area contributed by atoms with E-state index in [1.165, 1.54) is 0 Å². The SMILES string of the molecule is CCN(Cc1ccccn1)C(=O)CCSCc1nnnn1C. The summed E-state index contributed by atoms with van der Waals surface area (Å²) < 4.78 is 1.65. The number of carbonyl (C=O) groups is 1. The van der Waals surface area contributed by atoms with Crippen LogP contribution in [0.25, 0.3) is 0 Å². The molecule has 118 valence electrons. The summed E-state index contributed by atoms with van der Waals surface area (Å²) in [6.45, 7) is 3.24. The molecule has 2 heterocycles. The molecule has 0 aliphatic heterocycles. The van der Waals surface area contributed by atoms with Crippen LogP contribution >= 0.6 is 11.8 Å². The van der Waals surface area contributed by atoms with Gasteiger partial charge in [-0.3, -0.25) is 9.78 Å². The average molecular weight is 320 g/mol. The molecule has 0 fully saturated rings. The number of carbonyl (C=O) groups excluding carboxylic acids is 1. The van der Waals surface area contributed by atoms with Crippen LogP contribution in [-0.2, 0) is 24.1 Å². The van der Waals surface area contributed by atoms with Crippen molar-refractivity contribution in [2.24, 2.45) is 7.05 Å². The molecule has 2 rings (SSSR count). The summed E-state index contributed by atoms with van der Waals surface area (Å²) in [6.07, 6.45) is 2.26. The summed E-state index contributed by atoms with van der Waals surface area (Å²) in [6, 6.07) is 5.75. The zero-order valence-electron chi connectivity index (χ0n) is 12.8. The van der Waals surface area contributed by atoms with Crippen molar-refractivity contribution >= 4 is 17.7 Å². The molecule has 22 heavy (non-hydrogen) atoms. The minimum atomic E-state index is 0.150. The van der Waals surface area contributed by atoms with Gasteiger partial charge in [-0.05, 0) is 29.5 Å². The molecule has 0 aromatic carbocycles. The standard InChI is InChI=1S/C14H20N6OS/c1-3-20(10-12-6-4-5-8-15-12)14(21)7-9-22-11-13-16-17-18-19(13)2/h4-6,8H,3,7,9-11H2,1-2H3. The molecular weight excluding hydrogens is 300 g/mol. The van der Waals surface area contributed by atoms with Crippen molar-refractivity contribution in [1.29, 1.82) is 0 Å². The third-order valence-corrected chi connectivity index (χ3v) is 4.17. The summed E-state index contributed by atoms with van der Waals surface area (Å²) in [5.41, 5.74) is 0.913. The van der Waals surface area contributed by atoms with Crippen LogP contribution < -0.4 is 0 Å². The number of hydrogen-bond donors (Lipinski definition) is 0. The van der Waals surface area contributed by atoms with Gasteiger partial charge in [0.1, 0.15) is 0 Å². The van der Waals surface area contributed by atoms with E-state index in [4.69, 9.17) is 0 Å². The second kappa shape index (κ2) is 8.47. The lowest BCUT2D eigenvalue weighted by Crippen LogP contribution is -2.30. The zero-order valence-corrected chi connectivity index (χ0v) is 13.7. The average Bonchev–Trinajstić information content (AvgIpc) is 2.95. The Morgan fingerprint density at radius 2 is 2.27 bits per heavy atom. The van der Waals surface area contributed by atoms with E-state index in [1.54, 1.807) is 22.6 Å². The molecular formula is C14H20N6OS. The number of amides is 1. The van der Waals surface area contributed by atoms with E-state index in [0.29, 0.717) is 25.3 Å². The number of rotatable bonds is 8. The fourth-order valence-corrected chi connectivity index (χ4v) is 2.81. The summed E-state index contributed by atoms with van der Waals surface area (Å²) in [5.74, 6) is 2.43. The first kappa shape index (κ1) is 16.4. The van der Waals surface area contributed by atoms with E-state index in [0.717, 1.165) is 17.3 Å². The monoisotopic (exact) mass is 320 g/mol. The molecule has 0 radical (unpaired) electrons. The Morgan fingerprint density at radius 3 is 2.91 bits per heavy atom. The molecule has 8 heteroatoms. The lowest BCUT2D eigenvalue weighted by Gasteiger charge is -2.20. The van der Waals surface area contributed by atoms with Crippen LogP contribution in [-0.4, -0.2) is 48.3 Å². The molecule has 0 spiro atoms. The molecule has 0 unspecified atom stereocenters. The molecule has 0 saturated heterocycles. The van der Waals surface area contributed by atoms with Crippen LogP contribution in [0, 0.1) is 0 Å². The number of pyridine rings is 1. The first-order valence-corrected chi connectivity index (χ1v) is 8.32. The lowest BCUT2D eigenvalue weighted by atomic mass is 10.3. The molecule has 2 aromatic rings. The highest BCUT2D eigenvalue weighted by molar-refractivity contribution is 7.98. The van der Waals surface area contributed by atoms with Crippen molar-refractivity contribution < 1.29 is 4.79 Å². The van der Waals surface area contributed by atoms with E-state index < -0.39 is 0 Å². The van der Waals surface area contributed by atoms with Gasteiger partial charge >= 0.3 is 0 Å². The van der Waals surface area contributed by atoms with Crippen LogP contribution in [0.15, 0.2) is 24.4 Å². The van der Waals surface area contributed by atoms with E-state index in [2.05, 4.69) is 20.5 Å². The second-order valence-corrected chi connectivity index (χ2v) is 5.86. The molecule has 0 bridgehead atoms. The van der Waals surface area contributed by atoms with Crippen LogP contribution in [0.2, 0.25) is 0 Å². The van der Waals surface area contributed by atoms with Crippen LogP contribution in [0.5, 0.6) is 0 Å². The smallest absolute Gasteiger partial charge is 0.223 e. The zero-order chi connectivity index (χ0) is 15.8. The minimum absolute atomic E-state index is 0.150. The second-order valence-electron chi connectivity index (χ2n) is 4.75. The number of aromatic nitrogens is 5. The summed E-state index contributed by atoms with van der Waals surface area (Å²) in [5, 5.41) is 11.3. The van der Waals surface area contributed by atoms with E-state index in [1.807, 2.05) is 37.1 Å². The maximum atomic E-state index is 12.2. The van der Waals surface area contributed by atoms with Gasteiger partial charge in [-0.15, -0.1) is 5.10 Å². The molecule has 1 amide bonds. The van der Waals surface area contributed by atoms with E-state index in [9.17, 15) is 4.79 Å². The topological polar surface area (TPSA) is 76.8 Å². The molecule has 2 aromatic heterocycles. The first-order valence-electron chi connectivity index (χ1n) is 7.17. The Bertz CT molecular complexity index is 588. The van der Waals surface area contributed by atoms with Crippen molar-refractivity contribution in [3.8, 4) is 0 Å². The fourth-order valence-electron chi connectivity index (χ4n) is 1.91. The largest absolute Gasteiger partial charge is 0.337 e. The van der Waals surface area contributed by atoms with Gasteiger partial charge in [-0.2, -0.15) is 11.8 Å². The van der Waals surface area contributed by atoms with Gasteiger partial charge in [0.15, 0.2) is 5.82 Å². The minimum Gasteiger partial charge on any atom is -0.337 e. The van der Waals surface area contributed by atoms with Gasteiger partial charge in [-0.1, -0.05) is 6.07 Å². The maximum Gasteiger partial charge on any atom is 0.223 e. The predicted molar refractivity (Wildman–Crippen MR) is 84.9 cm³/mol. The van der Waals surface area contributed by atoms with E-state index >= 15 is 0 Å². The molecule has 0 aliphatic carbocycles. The fraction of sp³-hybridized carbons (Fsp3) is 0.500. The summed E-state index contributed by atoms with van der Waals surface area (Å²) >= 11 is 1.66. The quantitative estimate of drug-likeness (QED) is 0.682. The van der Waals surface area contributed by atoms with Crippen LogP contribution in [0.4, 0.5) is 0 Å². The molecule has 0 saturated carbocycles. The number of aryl methyl sites for hydroxylation is 1. The number of nitrogens with zero attached hydrogens (tertiary/aromatic N) is 6. The first-order chi connectivity index (χ1) is 10.7. The van der Waals surface area contributed by atoms with Gasteiger partial charge in [0.2, 0.25) is 5.91 Å². The van der Waals surface area contributed by atoms with Gasteiger partial charge < -0.3 is 4.90 Å². The Hall–Kier alpha value is -1.96. The molecule has 0 aliphatic rings. The van der Waals surface area contributed by atoms with Crippen molar-refractivity contribution in [3.05, 3.63) is 35.9 Å². The van der Waals surface area contributed by atoms with Crippen molar-refractivity contribution in [1.82, 2.24) is 30.1 Å². The van der Waals surface area contributed by atoms with Crippen LogP contribution in [0.3, 0.4) is 0 Å². The highest BCUT2D eigenvalue weighted by Crippen LogP contribution is 2.11. The highest BCUT2D eigenvalue weighted by Gasteiger charge is 2.12. The molecule has 7 nitrogen and oxygen atoms in total. The molecule has 0 N–H and O–H groups in total. The Morgan fingerprint density at radius 1 is 1.41 bits per heavy atom. The van der Waals surface area contributed by atoms with Gasteiger partial charge in [0.05, 0.1) is 18.0 Å². The third-order valence-electron chi connectivity index (χ3n) is 3.21. The highest BCUT2D eigenvalue weighted by atomic mass is 32.2. The third kappa shape index (κ3) is 4.80. The normalized spacial score (nSPS) is 10.6. The Kier molecular flexibility index (Phi) is 6.32. The van der Waals surface area contributed by atoms with Gasteiger partial charge in [0, 0.05) is 32.0 Å². The molecule has 0 atom stereocenters. The number of hydrogen-bond acceptors (Lipinski definition) is 6. The predicted octanol–water partition coefficient (Wildman–Crippen LogP) is 1.28. The Balaban J connectivity index is 1.74. The lowest BCUT2D eigenvalue weighted by molar-refractivity contribution is -0.131. The van der Waals surface area contributed by atoms with Crippen molar-refractivity contribution in [3.63, 3.8) is 0 Å². The Labute approximate surface area is 134 Å². The van der Waals surface area contributed by atoms with Crippen molar-refractivity contribution in [2.75, 3.05) is 12.3 Å². The van der Waals surface area contributed by atoms with E-state index in [-0.39, 0.29) is 5.91 Å². The summed E-state index contributed by atoms with van der Waals surface area (Å²) in [4.78, 5) is 18.3. The van der Waals surface area contributed by atoms with Crippen molar-refractivity contribution in [2.45, 2.75) is 25.6 Å². The van der Waals surface area contributed by atoms with Gasteiger partial charge in [0.25, 0.3) is 0 Å². The van der Waals surface area contributed by atoms with Gasteiger partial charge in [-0.25, -0.2) is 4.68 Å². The number of thioether (sulfide) groups is 1. The summed E-state index contributed by atoms with van der Waals surface area (Å²) in [7, 11) is 1.81. The number of tetrazole rings is 1. The van der Waals surface area contributed by atoms with Crippen LogP contribution in [0.1, 0.15) is 24.9 Å².